The number of carbonyl (C=O) groups excluding carboxylic acids is 2. The fourth-order valence-corrected chi connectivity index (χ4v) is 6.23. The fraction of sp³-hybridized carbons (Fsp3) is 0.619. The lowest BCUT2D eigenvalue weighted by atomic mass is 9.97. The van der Waals surface area contributed by atoms with Crippen molar-refractivity contribution in [1.82, 2.24) is 19.8 Å². The Bertz CT molecular complexity index is 1010. The topological polar surface area (TPSA) is 84.3 Å². The second-order valence-corrected chi connectivity index (χ2v) is 10.5. The molecule has 162 valence electrons. The van der Waals surface area contributed by atoms with Gasteiger partial charge in [-0.1, -0.05) is 25.6 Å². The number of urea groups is 1. The van der Waals surface area contributed by atoms with Crippen molar-refractivity contribution in [3.63, 3.8) is 0 Å². The molecule has 0 atom stereocenters. The monoisotopic (exact) mass is 448 g/mol. The lowest BCUT2D eigenvalue weighted by Gasteiger charge is -2.15. The van der Waals surface area contributed by atoms with E-state index in [1.807, 2.05) is 4.57 Å². The van der Waals surface area contributed by atoms with Crippen LogP contribution in [0.1, 0.15) is 50.0 Å². The van der Waals surface area contributed by atoms with Gasteiger partial charge in [0.25, 0.3) is 5.56 Å². The van der Waals surface area contributed by atoms with Crippen LogP contribution in [-0.2, 0) is 24.2 Å². The van der Waals surface area contributed by atoms with E-state index in [0.717, 1.165) is 41.1 Å². The minimum absolute atomic E-state index is 0.0853. The molecule has 4 rings (SSSR count). The van der Waals surface area contributed by atoms with E-state index in [4.69, 9.17) is 4.98 Å². The van der Waals surface area contributed by atoms with Gasteiger partial charge >= 0.3 is 6.03 Å². The molecule has 0 saturated carbocycles. The van der Waals surface area contributed by atoms with Crippen LogP contribution in [-0.4, -0.2) is 45.2 Å². The van der Waals surface area contributed by atoms with Crippen LogP contribution in [0.3, 0.4) is 0 Å². The van der Waals surface area contributed by atoms with E-state index in [1.54, 1.807) is 23.1 Å². The summed E-state index contributed by atoms with van der Waals surface area (Å²) in [4.78, 5) is 45.2. The largest absolute Gasteiger partial charge is 0.329 e. The van der Waals surface area contributed by atoms with Crippen LogP contribution in [0.15, 0.2) is 9.95 Å². The number of hydrogen-bond acceptors (Lipinski definition) is 6. The standard InChI is InChI=1S/C21H28N4O3S2/c1-13(2)8-10-25-19(27)17-14-6-3-4-7-15(14)30-18(17)23-21(25)29-11-5-9-24-16(26)12-22-20(24)28/h13H,3-12H2,1-2H3,(H,22,28). The molecule has 2 aliphatic rings. The van der Waals surface area contributed by atoms with Gasteiger partial charge < -0.3 is 5.32 Å². The Morgan fingerprint density at radius 3 is 2.70 bits per heavy atom. The van der Waals surface area contributed by atoms with E-state index in [1.165, 1.54) is 21.8 Å². The Morgan fingerprint density at radius 2 is 1.97 bits per heavy atom. The highest BCUT2D eigenvalue weighted by Crippen LogP contribution is 2.34. The average molecular weight is 449 g/mol. The molecule has 0 spiro atoms. The number of amides is 3. The molecule has 2 aromatic heterocycles. The molecule has 1 saturated heterocycles. The Hall–Kier alpha value is -1.87. The number of aryl methyl sites for hydroxylation is 2. The summed E-state index contributed by atoms with van der Waals surface area (Å²) >= 11 is 3.23. The summed E-state index contributed by atoms with van der Waals surface area (Å²) in [7, 11) is 0. The summed E-state index contributed by atoms with van der Waals surface area (Å²) in [6.07, 6.45) is 5.96. The first kappa shape index (κ1) is 21.4. The summed E-state index contributed by atoms with van der Waals surface area (Å²) in [6, 6.07) is -0.317. The first-order valence-electron chi connectivity index (χ1n) is 10.7. The third kappa shape index (κ3) is 4.27. The van der Waals surface area contributed by atoms with Crippen LogP contribution in [0.5, 0.6) is 0 Å². The maximum Gasteiger partial charge on any atom is 0.324 e. The summed E-state index contributed by atoms with van der Waals surface area (Å²) in [5.41, 5.74) is 1.32. The zero-order chi connectivity index (χ0) is 21.3. The second kappa shape index (κ2) is 9.09. The van der Waals surface area contributed by atoms with Crippen molar-refractivity contribution in [3.8, 4) is 0 Å². The number of thiophene rings is 1. The van der Waals surface area contributed by atoms with Crippen molar-refractivity contribution < 1.29 is 9.59 Å². The molecular formula is C21H28N4O3S2. The van der Waals surface area contributed by atoms with Crippen LogP contribution >= 0.6 is 23.1 Å². The Balaban J connectivity index is 1.56. The Morgan fingerprint density at radius 1 is 1.17 bits per heavy atom. The van der Waals surface area contributed by atoms with Gasteiger partial charge in [-0.2, -0.15) is 0 Å². The van der Waals surface area contributed by atoms with Crippen molar-refractivity contribution >= 4 is 45.3 Å². The number of hydrogen-bond donors (Lipinski definition) is 1. The lowest BCUT2D eigenvalue weighted by molar-refractivity contribution is -0.124. The molecule has 3 amide bonds. The molecule has 0 radical (unpaired) electrons. The first-order valence-corrected chi connectivity index (χ1v) is 12.5. The van der Waals surface area contributed by atoms with Crippen molar-refractivity contribution in [1.29, 1.82) is 0 Å². The summed E-state index contributed by atoms with van der Waals surface area (Å²) in [5.74, 6) is 1.02. The van der Waals surface area contributed by atoms with Crippen molar-refractivity contribution in [2.24, 2.45) is 5.92 Å². The summed E-state index contributed by atoms with van der Waals surface area (Å²) in [5, 5.41) is 4.13. The molecule has 1 fully saturated rings. The van der Waals surface area contributed by atoms with Crippen LogP contribution in [0, 0.1) is 5.92 Å². The number of nitrogens with zero attached hydrogens (tertiary/aromatic N) is 3. The summed E-state index contributed by atoms with van der Waals surface area (Å²) < 4.78 is 1.85. The molecule has 2 aromatic rings. The average Bonchev–Trinajstić information content (AvgIpc) is 3.24. The van der Waals surface area contributed by atoms with E-state index in [2.05, 4.69) is 19.2 Å². The van der Waals surface area contributed by atoms with E-state index in [-0.39, 0.29) is 24.0 Å². The molecule has 0 bridgehead atoms. The molecule has 7 nitrogen and oxygen atoms in total. The zero-order valence-corrected chi connectivity index (χ0v) is 19.2. The van der Waals surface area contributed by atoms with E-state index >= 15 is 0 Å². The minimum Gasteiger partial charge on any atom is -0.329 e. The minimum atomic E-state index is -0.317. The highest BCUT2D eigenvalue weighted by Gasteiger charge is 2.27. The number of aromatic nitrogens is 2. The maximum absolute atomic E-state index is 13.4. The number of imide groups is 1. The maximum atomic E-state index is 13.4. The van der Waals surface area contributed by atoms with Gasteiger partial charge in [0.2, 0.25) is 5.91 Å². The highest BCUT2D eigenvalue weighted by atomic mass is 32.2. The summed E-state index contributed by atoms with van der Waals surface area (Å²) in [6.45, 7) is 5.47. The van der Waals surface area contributed by atoms with Crippen molar-refractivity contribution in [2.45, 2.75) is 64.1 Å². The molecule has 3 heterocycles. The third-order valence-electron chi connectivity index (χ3n) is 5.66. The number of nitrogens with one attached hydrogen (secondary N) is 1. The van der Waals surface area contributed by atoms with E-state index in [9.17, 15) is 14.4 Å². The van der Waals surface area contributed by atoms with E-state index in [0.29, 0.717) is 31.2 Å². The van der Waals surface area contributed by atoms with Gasteiger partial charge in [0.1, 0.15) is 4.83 Å². The molecule has 1 aliphatic heterocycles. The first-order chi connectivity index (χ1) is 14.5. The Kier molecular flexibility index (Phi) is 6.48. The smallest absolute Gasteiger partial charge is 0.324 e. The van der Waals surface area contributed by atoms with Crippen LogP contribution in [0.4, 0.5) is 4.79 Å². The molecule has 0 aromatic carbocycles. The van der Waals surface area contributed by atoms with Crippen LogP contribution in [0.2, 0.25) is 0 Å². The molecule has 1 N–H and O–H groups in total. The number of fused-ring (bicyclic) bond motifs is 3. The predicted molar refractivity (Wildman–Crippen MR) is 120 cm³/mol. The second-order valence-electron chi connectivity index (χ2n) is 8.33. The fourth-order valence-electron chi connectivity index (χ4n) is 3.98. The van der Waals surface area contributed by atoms with Crippen LogP contribution < -0.4 is 10.9 Å². The van der Waals surface area contributed by atoms with E-state index < -0.39 is 0 Å². The lowest BCUT2D eigenvalue weighted by Crippen LogP contribution is -2.32. The predicted octanol–water partition coefficient (Wildman–Crippen LogP) is 3.42. The van der Waals surface area contributed by atoms with Crippen molar-refractivity contribution in [2.75, 3.05) is 18.8 Å². The highest BCUT2D eigenvalue weighted by molar-refractivity contribution is 7.99. The van der Waals surface area contributed by atoms with Gasteiger partial charge in [0.05, 0.1) is 11.9 Å². The van der Waals surface area contributed by atoms with Gasteiger partial charge in [0, 0.05) is 23.7 Å². The number of carbonyl (C=O) groups is 2. The molecule has 1 aliphatic carbocycles. The molecule has 9 heteroatoms. The quantitative estimate of drug-likeness (QED) is 0.290. The van der Waals surface area contributed by atoms with Crippen LogP contribution in [0.25, 0.3) is 10.2 Å². The van der Waals surface area contributed by atoms with Gasteiger partial charge in [-0.25, -0.2) is 9.78 Å². The normalized spacial score (nSPS) is 16.6. The molecule has 30 heavy (non-hydrogen) atoms. The molecular weight excluding hydrogens is 420 g/mol. The third-order valence-corrected chi connectivity index (χ3v) is 7.91. The molecule has 0 unspecified atom stereocenters. The van der Waals surface area contributed by atoms with Crippen molar-refractivity contribution in [3.05, 3.63) is 20.8 Å². The van der Waals surface area contributed by atoms with Gasteiger partial charge in [-0.15, -0.1) is 11.3 Å². The zero-order valence-electron chi connectivity index (χ0n) is 17.5. The van der Waals surface area contributed by atoms with Gasteiger partial charge in [0.15, 0.2) is 5.16 Å². The van der Waals surface area contributed by atoms with Gasteiger partial charge in [-0.05, 0) is 50.0 Å². The SMILES string of the molecule is CC(C)CCn1c(SCCCN2C(=O)CNC2=O)nc2sc3c(c2c1=O)CCCC3. The number of thioether (sulfide) groups is 1. The Labute approximate surface area is 184 Å². The number of rotatable bonds is 8. The van der Waals surface area contributed by atoms with Gasteiger partial charge in [-0.3, -0.25) is 19.1 Å².